The Labute approximate surface area is 165 Å². The third-order valence-electron chi connectivity index (χ3n) is 4.87. The van der Waals surface area contributed by atoms with Gasteiger partial charge in [-0.05, 0) is 29.1 Å². The highest BCUT2D eigenvalue weighted by Crippen LogP contribution is 2.38. The van der Waals surface area contributed by atoms with E-state index in [1.54, 1.807) is 17.0 Å². The summed E-state index contributed by atoms with van der Waals surface area (Å²) in [5, 5.41) is 0.930. The summed E-state index contributed by atoms with van der Waals surface area (Å²) in [7, 11) is 0. The Bertz CT molecular complexity index is 1030. The van der Waals surface area contributed by atoms with E-state index in [2.05, 4.69) is 0 Å². The maximum Gasteiger partial charge on any atom is 0.259 e. The number of hydrogen-bond donors (Lipinski definition) is 1. The number of benzene rings is 2. The quantitative estimate of drug-likeness (QED) is 0.733. The van der Waals surface area contributed by atoms with Gasteiger partial charge in [0.05, 0.1) is 24.4 Å². The molecule has 2 heterocycles. The van der Waals surface area contributed by atoms with Gasteiger partial charge in [-0.3, -0.25) is 9.59 Å². The lowest BCUT2D eigenvalue weighted by molar-refractivity contribution is -0.138. The highest BCUT2D eigenvalue weighted by atomic mass is 32.1. The lowest BCUT2D eigenvalue weighted by Crippen LogP contribution is -2.43. The van der Waals surface area contributed by atoms with E-state index in [1.165, 1.54) is 23.5 Å². The second-order valence-corrected chi connectivity index (χ2v) is 7.76. The normalized spacial score (nSPS) is 17.0. The lowest BCUT2D eigenvalue weighted by atomic mass is 10.0. The highest BCUT2D eigenvalue weighted by Gasteiger charge is 2.30. The summed E-state index contributed by atoms with van der Waals surface area (Å²) in [5.41, 5.74) is 7.11. The molecule has 0 radical (unpaired) electrons. The summed E-state index contributed by atoms with van der Waals surface area (Å²) in [5.74, 6) is -0.874. The molecular weight excluding hydrogens is 379 g/mol. The third-order valence-corrected chi connectivity index (χ3v) is 6.07. The van der Waals surface area contributed by atoms with Crippen molar-refractivity contribution in [3.63, 3.8) is 0 Å². The van der Waals surface area contributed by atoms with Gasteiger partial charge in [0.25, 0.3) is 5.91 Å². The van der Waals surface area contributed by atoms with Crippen molar-refractivity contribution in [2.75, 3.05) is 19.7 Å². The molecule has 2 aromatic carbocycles. The summed E-state index contributed by atoms with van der Waals surface area (Å²) in [4.78, 5) is 26.9. The lowest BCUT2D eigenvalue weighted by Gasteiger charge is -2.33. The predicted molar refractivity (Wildman–Crippen MR) is 106 cm³/mol. The third kappa shape index (κ3) is 3.63. The molecule has 0 bridgehead atoms. The van der Waals surface area contributed by atoms with Gasteiger partial charge in [-0.15, -0.1) is 11.3 Å². The van der Waals surface area contributed by atoms with Gasteiger partial charge in [-0.2, -0.15) is 0 Å². The molecular formula is C21H19FN2O3S. The fourth-order valence-corrected chi connectivity index (χ4v) is 4.61. The van der Waals surface area contributed by atoms with Crippen LogP contribution < -0.4 is 5.73 Å². The van der Waals surface area contributed by atoms with Crippen LogP contribution in [-0.2, 0) is 16.0 Å². The van der Waals surface area contributed by atoms with Crippen LogP contribution in [0.15, 0.2) is 48.5 Å². The van der Waals surface area contributed by atoms with Crippen molar-refractivity contribution in [2.45, 2.75) is 12.5 Å². The SMILES string of the molecule is NC(=O)c1sc2ccccc2c1C1CN(C(=O)Cc2ccc(F)cc2)CCO1. The molecule has 0 saturated carbocycles. The maximum atomic E-state index is 13.1. The van der Waals surface area contributed by atoms with E-state index in [0.29, 0.717) is 24.6 Å². The molecule has 5 nitrogen and oxygen atoms in total. The van der Waals surface area contributed by atoms with E-state index in [4.69, 9.17) is 10.5 Å². The second kappa shape index (κ2) is 7.69. The van der Waals surface area contributed by atoms with Gasteiger partial charge in [-0.1, -0.05) is 30.3 Å². The molecule has 28 heavy (non-hydrogen) atoms. The zero-order chi connectivity index (χ0) is 19.7. The first-order chi connectivity index (χ1) is 13.5. The van der Waals surface area contributed by atoms with Crippen molar-refractivity contribution in [3.05, 3.63) is 70.4 Å². The van der Waals surface area contributed by atoms with Gasteiger partial charge in [0.2, 0.25) is 5.91 Å². The minimum atomic E-state index is -0.491. The van der Waals surface area contributed by atoms with Crippen molar-refractivity contribution in [2.24, 2.45) is 5.73 Å². The minimum absolute atomic E-state index is 0.0555. The maximum absolute atomic E-state index is 13.1. The van der Waals surface area contributed by atoms with Crippen LogP contribution in [0, 0.1) is 5.82 Å². The number of ether oxygens (including phenoxy) is 1. The van der Waals surface area contributed by atoms with E-state index in [-0.39, 0.29) is 18.1 Å². The van der Waals surface area contributed by atoms with E-state index in [0.717, 1.165) is 21.2 Å². The number of thiophene rings is 1. The largest absolute Gasteiger partial charge is 0.370 e. The number of hydrogen-bond acceptors (Lipinski definition) is 4. The van der Waals surface area contributed by atoms with Gasteiger partial charge >= 0.3 is 0 Å². The Morgan fingerprint density at radius 1 is 1.18 bits per heavy atom. The number of nitrogens with zero attached hydrogens (tertiary/aromatic N) is 1. The summed E-state index contributed by atoms with van der Waals surface area (Å²) in [6.07, 6.45) is -0.218. The summed E-state index contributed by atoms with van der Waals surface area (Å²) in [6, 6.07) is 13.6. The van der Waals surface area contributed by atoms with Gasteiger partial charge in [0.1, 0.15) is 11.9 Å². The topological polar surface area (TPSA) is 72.6 Å². The summed E-state index contributed by atoms with van der Waals surface area (Å²) >= 11 is 1.35. The Morgan fingerprint density at radius 3 is 2.68 bits per heavy atom. The zero-order valence-electron chi connectivity index (χ0n) is 15.1. The van der Waals surface area contributed by atoms with Crippen LogP contribution in [0.25, 0.3) is 10.1 Å². The molecule has 2 amide bonds. The van der Waals surface area contributed by atoms with E-state index >= 15 is 0 Å². The number of amides is 2. The molecule has 2 N–H and O–H groups in total. The van der Waals surface area contributed by atoms with Crippen molar-refractivity contribution in [1.29, 1.82) is 0 Å². The number of rotatable bonds is 4. The van der Waals surface area contributed by atoms with E-state index < -0.39 is 12.0 Å². The number of halogens is 1. The van der Waals surface area contributed by atoms with Crippen molar-refractivity contribution in [1.82, 2.24) is 4.90 Å². The zero-order valence-corrected chi connectivity index (χ0v) is 15.9. The average molecular weight is 398 g/mol. The average Bonchev–Trinajstić information content (AvgIpc) is 3.10. The van der Waals surface area contributed by atoms with Crippen molar-refractivity contribution < 1.29 is 18.7 Å². The fraction of sp³-hybridized carbons (Fsp3) is 0.238. The number of carbonyl (C=O) groups excluding carboxylic acids is 2. The Morgan fingerprint density at radius 2 is 1.93 bits per heavy atom. The van der Waals surface area contributed by atoms with Crippen LogP contribution >= 0.6 is 11.3 Å². The van der Waals surface area contributed by atoms with E-state index in [1.807, 2.05) is 24.3 Å². The molecule has 1 saturated heterocycles. The molecule has 1 atom stereocenters. The molecule has 1 fully saturated rings. The van der Waals surface area contributed by atoms with Gasteiger partial charge in [0, 0.05) is 16.8 Å². The van der Waals surface area contributed by atoms with E-state index in [9.17, 15) is 14.0 Å². The number of primary amides is 1. The molecule has 3 aromatic rings. The molecule has 1 aromatic heterocycles. The van der Waals surface area contributed by atoms with Crippen LogP contribution in [0.3, 0.4) is 0 Å². The van der Waals surface area contributed by atoms with Gasteiger partial charge in [-0.25, -0.2) is 4.39 Å². The fourth-order valence-electron chi connectivity index (χ4n) is 3.51. The molecule has 1 aliphatic rings. The van der Waals surface area contributed by atoms with Crippen molar-refractivity contribution >= 4 is 33.2 Å². The van der Waals surface area contributed by atoms with Gasteiger partial charge in [0.15, 0.2) is 0 Å². The number of morpholine rings is 1. The first kappa shape index (κ1) is 18.6. The van der Waals surface area contributed by atoms with Crippen LogP contribution in [0.1, 0.15) is 26.9 Å². The standard InChI is InChI=1S/C21H19FN2O3S/c22-14-7-5-13(6-8-14)11-18(25)24-9-10-27-16(12-24)19-15-3-1-2-4-17(15)28-20(19)21(23)26/h1-8,16H,9-12H2,(H2,23,26). The minimum Gasteiger partial charge on any atom is -0.370 e. The molecule has 144 valence electrons. The first-order valence-electron chi connectivity index (χ1n) is 8.98. The molecule has 7 heteroatoms. The Hall–Kier alpha value is -2.77. The van der Waals surface area contributed by atoms with Crippen LogP contribution in [-0.4, -0.2) is 36.4 Å². The highest BCUT2D eigenvalue weighted by molar-refractivity contribution is 7.21. The molecule has 1 unspecified atom stereocenters. The second-order valence-electron chi connectivity index (χ2n) is 6.71. The Kier molecular flexibility index (Phi) is 5.11. The van der Waals surface area contributed by atoms with Crippen molar-refractivity contribution in [3.8, 4) is 0 Å². The van der Waals surface area contributed by atoms with Gasteiger partial charge < -0.3 is 15.4 Å². The monoisotopic (exact) mass is 398 g/mol. The summed E-state index contributed by atoms with van der Waals surface area (Å²) in [6.45, 7) is 1.20. The van der Waals surface area contributed by atoms with Crippen LogP contribution in [0.4, 0.5) is 4.39 Å². The molecule has 0 spiro atoms. The molecule has 1 aliphatic heterocycles. The number of nitrogens with two attached hydrogens (primary N) is 1. The first-order valence-corrected chi connectivity index (χ1v) is 9.79. The number of carbonyl (C=O) groups is 2. The molecule has 0 aliphatic carbocycles. The van der Waals surface area contributed by atoms with Crippen LogP contribution in [0.5, 0.6) is 0 Å². The summed E-state index contributed by atoms with van der Waals surface area (Å²) < 4.78 is 20.0. The number of fused-ring (bicyclic) bond motifs is 1. The predicted octanol–water partition coefficient (Wildman–Crippen LogP) is 3.28. The Balaban J connectivity index is 1.58. The van der Waals surface area contributed by atoms with Crippen LogP contribution in [0.2, 0.25) is 0 Å². The molecule has 4 rings (SSSR count). The smallest absolute Gasteiger partial charge is 0.259 e.